The van der Waals surface area contributed by atoms with E-state index in [9.17, 15) is 9.18 Å². The molecular weight excluding hydrogens is 223 g/mol. The molecule has 0 radical (unpaired) electrons. The molecule has 0 amide bonds. The number of nitrogens with zero attached hydrogens (tertiary/aromatic N) is 2. The number of carboxylic acid groups (broad SMARTS) is 1. The van der Waals surface area contributed by atoms with Crippen molar-refractivity contribution in [3.05, 3.63) is 47.0 Å². The molecule has 0 saturated carbocycles. The lowest BCUT2D eigenvalue weighted by Gasteiger charge is -2.05. The van der Waals surface area contributed by atoms with Gasteiger partial charge in [-0.3, -0.25) is 0 Å². The number of benzene rings is 1. The SMILES string of the molecule is Cc1nn(-c2ccccc2F)c(C)c1C(=O)O. The van der Waals surface area contributed by atoms with Gasteiger partial charge < -0.3 is 5.11 Å². The van der Waals surface area contributed by atoms with E-state index >= 15 is 0 Å². The molecule has 0 aliphatic rings. The van der Waals surface area contributed by atoms with E-state index in [1.165, 1.54) is 10.7 Å². The largest absolute Gasteiger partial charge is 0.478 e. The minimum atomic E-state index is -1.05. The molecule has 1 heterocycles. The minimum absolute atomic E-state index is 0.119. The van der Waals surface area contributed by atoms with Crippen LogP contribution in [0.2, 0.25) is 0 Å². The van der Waals surface area contributed by atoms with Gasteiger partial charge in [0, 0.05) is 0 Å². The van der Waals surface area contributed by atoms with Gasteiger partial charge >= 0.3 is 5.97 Å². The molecular formula is C12H11FN2O2. The fourth-order valence-electron chi connectivity index (χ4n) is 1.81. The topological polar surface area (TPSA) is 55.1 Å². The number of aromatic carboxylic acids is 1. The van der Waals surface area contributed by atoms with Crippen LogP contribution >= 0.6 is 0 Å². The molecule has 1 N–H and O–H groups in total. The fourth-order valence-corrected chi connectivity index (χ4v) is 1.81. The summed E-state index contributed by atoms with van der Waals surface area (Å²) in [6, 6.07) is 6.12. The monoisotopic (exact) mass is 234 g/mol. The molecule has 0 saturated heterocycles. The number of aryl methyl sites for hydroxylation is 1. The average Bonchev–Trinajstić information content (AvgIpc) is 2.55. The summed E-state index contributed by atoms with van der Waals surface area (Å²) in [5.41, 5.74) is 1.16. The average molecular weight is 234 g/mol. The van der Waals surface area contributed by atoms with Crippen molar-refractivity contribution in [2.75, 3.05) is 0 Å². The molecule has 1 aromatic carbocycles. The van der Waals surface area contributed by atoms with Gasteiger partial charge in [0.2, 0.25) is 0 Å². The van der Waals surface area contributed by atoms with Crippen LogP contribution < -0.4 is 0 Å². The molecule has 0 atom stereocenters. The summed E-state index contributed by atoms with van der Waals surface area (Å²) in [4.78, 5) is 11.0. The maximum atomic E-state index is 13.6. The summed E-state index contributed by atoms with van der Waals surface area (Å²) in [5.74, 6) is -1.49. The molecule has 0 aliphatic heterocycles. The molecule has 0 bridgehead atoms. The number of aromatic nitrogens is 2. The fraction of sp³-hybridized carbons (Fsp3) is 0.167. The number of para-hydroxylation sites is 1. The maximum absolute atomic E-state index is 13.6. The highest BCUT2D eigenvalue weighted by Gasteiger charge is 2.19. The van der Waals surface area contributed by atoms with E-state index in [4.69, 9.17) is 5.11 Å². The molecule has 4 nitrogen and oxygen atoms in total. The van der Waals surface area contributed by atoms with E-state index in [0.717, 1.165) is 0 Å². The molecule has 0 spiro atoms. The second-order valence-electron chi connectivity index (χ2n) is 3.71. The predicted octanol–water partition coefficient (Wildman–Crippen LogP) is 2.33. The van der Waals surface area contributed by atoms with Crippen LogP contribution in [0.15, 0.2) is 24.3 Å². The van der Waals surface area contributed by atoms with Crippen LogP contribution in [-0.2, 0) is 0 Å². The van der Waals surface area contributed by atoms with Crippen molar-refractivity contribution in [3.8, 4) is 5.69 Å². The lowest BCUT2D eigenvalue weighted by atomic mass is 10.2. The Kier molecular flexibility index (Phi) is 2.67. The van der Waals surface area contributed by atoms with E-state index < -0.39 is 11.8 Å². The number of carboxylic acids is 1. The van der Waals surface area contributed by atoms with Gasteiger partial charge in [-0.05, 0) is 26.0 Å². The van der Waals surface area contributed by atoms with Crippen LogP contribution in [0.5, 0.6) is 0 Å². The summed E-state index contributed by atoms with van der Waals surface area (Å²) in [7, 11) is 0. The van der Waals surface area contributed by atoms with E-state index in [1.807, 2.05) is 0 Å². The van der Waals surface area contributed by atoms with Gasteiger partial charge in [-0.15, -0.1) is 0 Å². The van der Waals surface area contributed by atoms with Crippen LogP contribution in [0.3, 0.4) is 0 Å². The Hall–Kier alpha value is -2.17. The molecule has 88 valence electrons. The Balaban J connectivity index is 2.66. The lowest BCUT2D eigenvalue weighted by Crippen LogP contribution is -2.04. The first kappa shape index (κ1) is 11.3. The first-order valence-corrected chi connectivity index (χ1v) is 5.06. The van der Waals surface area contributed by atoms with Crippen molar-refractivity contribution in [3.63, 3.8) is 0 Å². The molecule has 2 aromatic rings. The third-order valence-electron chi connectivity index (χ3n) is 2.59. The van der Waals surface area contributed by atoms with Crippen LogP contribution in [-0.4, -0.2) is 20.9 Å². The zero-order chi connectivity index (χ0) is 12.6. The quantitative estimate of drug-likeness (QED) is 0.867. The number of rotatable bonds is 2. The van der Waals surface area contributed by atoms with Gasteiger partial charge in [0.05, 0.1) is 11.4 Å². The molecule has 17 heavy (non-hydrogen) atoms. The summed E-state index contributed by atoms with van der Waals surface area (Å²) >= 11 is 0. The second kappa shape index (κ2) is 4.01. The number of halogens is 1. The zero-order valence-electron chi connectivity index (χ0n) is 9.44. The normalized spacial score (nSPS) is 10.5. The van der Waals surface area contributed by atoms with Gasteiger partial charge in [-0.1, -0.05) is 12.1 Å². The minimum Gasteiger partial charge on any atom is -0.478 e. The van der Waals surface area contributed by atoms with Gasteiger partial charge in [-0.25, -0.2) is 13.9 Å². The van der Waals surface area contributed by atoms with Crippen LogP contribution in [0.1, 0.15) is 21.7 Å². The van der Waals surface area contributed by atoms with Gasteiger partial charge in [0.15, 0.2) is 0 Å². The number of hydrogen-bond donors (Lipinski definition) is 1. The van der Waals surface area contributed by atoms with Crippen molar-refractivity contribution in [2.24, 2.45) is 0 Å². The van der Waals surface area contributed by atoms with Crippen LogP contribution in [0, 0.1) is 19.7 Å². The Morgan fingerprint density at radius 1 is 1.35 bits per heavy atom. The molecule has 1 aromatic heterocycles. The first-order valence-electron chi connectivity index (χ1n) is 5.06. The van der Waals surface area contributed by atoms with E-state index in [2.05, 4.69) is 5.10 Å². The summed E-state index contributed by atoms with van der Waals surface area (Å²) in [6.07, 6.45) is 0. The van der Waals surface area contributed by atoms with Crippen molar-refractivity contribution in [1.82, 2.24) is 9.78 Å². The van der Waals surface area contributed by atoms with Crippen molar-refractivity contribution >= 4 is 5.97 Å². The van der Waals surface area contributed by atoms with Crippen molar-refractivity contribution < 1.29 is 14.3 Å². The Morgan fingerprint density at radius 2 is 2.00 bits per heavy atom. The number of carbonyl (C=O) groups is 1. The third-order valence-corrected chi connectivity index (χ3v) is 2.59. The summed E-state index contributed by atoms with van der Waals surface area (Å²) < 4.78 is 14.9. The molecule has 0 unspecified atom stereocenters. The smallest absolute Gasteiger partial charge is 0.339 e. The third kappa shape index (κ3) is 1.80. The first-order chi connectivity index (χ1) is 8.02. The van der Waals surface area contributed by atoms with Crippen molar-refractivity contribution in [2.45, 2.75) is 13.8 Å². The highest BCUT2D eigenvalue weighted by molar-refractivity contribution is 5.90. The van der Waals surface area contributed by atoms with E-state index in [-0.39, 0.29) is 11.3 Å². The maximum Gasteiger partial charge on any atom is 0.339 e. The van der Waals surface area contributed by atoms with Gasteiger partial charge in [-0.2, -0.15) is 5.10 Å². The Morgan fingerprint density at radius 3 is 2.53 bits per heavy atom. The van der Waals surface area contributed by atoms with E-state index in [0.29, 0.717) is 11.4 Å². The molecule has 2 rings (SSSR count). The molecule has 5 heteroatoms. The standard InChI is InChI=1S/C12H11FN2O2/c1-7-11(12(16)17)8(2)15(14-7)10-6-4-3-5-9(10)13/h3-6H,1-2H3,(H,16,17). The highest BCUT2D eigenvalue weighted by atomic mass is 19.1. The summed E-state index contributed by atoms with van der Waals surface area (Å²) in [5, 5.41) is 13.1. The molecule has 0 aliphatic carbocycles. The van der Waals surface area contributed by atoms with E-state index in [1.54, 1.807) is 32.0 Å². The molecule has 0 fully saturated rings. The lowest BCUT2D eigenvalue weighted by molar-refractivity contribution is 0.0695. The Labute approximate surface area is 97.3 Å². The van der Waals surface area contributed by atoms with Crippen LogP contribution in [0.25, 0.3) is 5.69 Å². The summed E-state index contributed by atoms with van der Waals surface area (Å²) in [6.45, 7) is 3.20. The van der Waals surface area contributed by atoms with Gasteiger partial charge in [0.1, 0.15) is 17.1 Å². The van der Waals surface area contributed by atoms with Gasteiger partial charge in [0.25, 0.3) is 0 Å². The predicted molar refractivity (Wildman–Crippen MR) is 60.0 cm³/mol. The highest BCUT2D eigenvalue weighted by Crippen LogP contribution is 2.19. The Bertz CT molecular complexity index is 590. The zero-order valence-corrected chi connectivity index (χ0v) is 9.44. The second-order valence-corrected chi connectivity index (χ2v) is 3.71. The number of hydrogen-bond acceptors (Lipinski definition) is 2. The van der Waals surface area contributed by atoms with Crippen LogP contribution in [0.4, 0.5) is 4.39 Å². The van der Waals surface area contributed by atoms with Crippen molar-refractivity contribution in [1.29, 1.82) is 0 Å².